The van der Waals surface area contributed by atoms with Crippen LogP contribution in [-0.2, 0) is 4.79 Å². The number of benzene rings is 2. The fourth-order valence-corrected chi connectivity index (χ4v) is 4.01. The van der Waals surface area contributed by atoms with Gasteiger partial charge in [0, 0.05) is 9.13 Å². The molecular formula is C16H14I2N2O3. The summed E-state index contributed by atoms with van der Waals surface area (Å²) in [7, 11) is 1.58. The van der Waals surface area contributed by atoms with Gasteiger partial charge in [0.2, 0.25) is 0 Å². The first-order chi connectivity index (χ1) is 11.0. The highest BCUT2D eigenvalue weighted by molar-refractivity contribution is 14.1. The summed E-state index contributed by atoms with van der Waals surface area (Å²) >= 11 is 4.37. The van der Waals surface area contributed by atoms with Crippen LogP contribution < -0.4 is 10.2 Å². The molecule has 23 heavy (non-hydrogen) atoms. The van der Waals surface area contributed by atoms with E-state index in [1.54, 1.807) is 31.4 Å². The molecule has 0 unspecified atom stereocenters. The molecule has 0 aliphatic carbocycles. The van der Waals surface area contributed by atoms with Crippen LogP contribution in [0.5, 0.6) is 5.75 Å². The quantitative estimate of drug-likeness (QED) is 0.351. The predicted molar refractivity (Wildman–Crippen MR) is 106 cm³/mol. The number of ether oxygens (including phenoxy) is 1. The zero-order chi connectivity index (χ0) is 16.8. The van der Waals surface area contributed by atoms with E-state index in [0.29, 0.717) is 11.3 Å². The van der Waals surface area contributed by atoms with Gasteiger partial charge < -0.3 is 9.84 Å². The summed E-state index contributed by atoms with van der Waals surface area (Å²) in [6.07, 6.45) is 0.241. The third-order valence-corrected chi connectivity index (χ3v) is 4.41. The van der Waals surface area contributed by atoms with Gasteiger partial charge >= 0.3 is 0 Å². The van der Waals surface area contributed by atoms with Gasteiger partial charge in [0.15, 0.2) is 6.10 Å². The van der Waals surface area contributed by atoms with Crippen LogP contribution in [0.25, 0.3) is 0 Å². The predicted octanol–water partition coefficient (Wildman–Crippen LogP) is 3.09. The molecule has 1 atom stereocenters. The lowest BCUT2D eigenvalue weighted by atomic mass is 10.1. The Morgan fingerprint density at radius 1 is 1.30 bits per heavy atom. The summed E-state index contributed by atoms with van der Waals surface area (Å²) < 4.78 is 7.33. The molecule has 0 heterocycles. The molecule has 5 nitrogen and oxygen atoms in total. The SMILES string of the molecule is COc1c(I)cc(I)cc1/C=N\NC(=O)[C@H](O)c1ccccc1. The van der Waals surface area contributed by atoms with Crippen LogP contribution >= 0.6 is 45.2 Å². The van der Waals surface area contributed by atoms with Crippen LogP contribution in [-0.4, -0.2) is 24.3 Å². The molecule has 0 bridgehead atoms. The van der Waals surface area contributed by atoms with Gasteiger partial charge in [0.25, 0.3) is 5.91 Å². The van der Waals surface area contributed by atoms with E-state index >= 15 is 0 Å². The van der Waals surface area contributed by atoms with Crippen molar-refractivity contribution in [1.82, 2.24) is 5.43 Å². The lowest BCUT2D eigenvalue weighted by Gasteiger charge is -2.09. The Morgan fingerprint density at radius 2 is 2.00 bits per heavy atom. The zero-order valence-electron chi connectivity index (χ0n) is 12.2. The van der Waals surface area contributed by atoms with E-state index in [-0.39, 0.29) is 0 Å². The second-order valence-electron chi connectivity index (χ2n) is 4.56. The minimum absolute atomic E-state index is 0.515. The van der Waals surface area contributed by atoms with Crippen molar-refractivity contribution in [3.05, 3.63) is 60.7 Å². The standard InChI is InChI=1S/C16H14I2N2O3/c1-23-15-11(7-12(17)8-13(15)18)9-19-20-16(22)14(21)10-5-3-2-4-6-10/h2-9,14,21H,1H3,(H,20,22)/b19-9-/t14-/m1/s1. The third kappa shape index (κ3) is 4.88. The maximum Gasteiger partial charge on any atom is 0.273 e. The molecule has 2 N–H and O–H groups in total. The third-order valence-electron chi connectivity index (χ3n) is 2.98. The van der Waals surface area contributed by atoms with Gasteiger partial charge in [-0.1, -0.05) is 30.3 Å². The second-order valence-corrected chi connectivity index (χ2v) is 6.97. The molecule has 1 amide bonds. The molecule has 0 aliphatic rings. The molecule has 0 saturated carbocycles. The number of amides is 1. The Hall–Kier alpha value is -1.20. The highest BCUT2D eigenvalue weighted by Crippen LogP contribution is 2.26. The van der Waals surface area contributed by atoms with Crippen molar-refractivity contribution in [3.8, 4) is 5.75 Å². The van der Waals surface area contributed by atoms with Gasteiger partial charge in [-0.25, -0.2) is 5.43 Å². The number of hydrazone groups is 1. The first kappa shape index (κ1) is 18.1. The maximum atomic E-state index is 11.9. The van der Waals surface area contributed by atoms with Gasteiger partial charge in [-0.05, 0) is 62.9 Å². The number of nitrogens with one attached hydrogen (secondary N) is 1. The van der Waals surface area contributed by atoms with Crippen LogP contribution in [0.15, 0.2) is 47.6 Å². The van der Waals surface area contributed by atoms with E-state index < -0.39 is 12.0 Å². The molecular weight excluding hydrogens is 522 g/mol. The Bertz CT molecular complexity index is 721. The molecule has 0 aliphatic heterocycles. The number of nitrogens with zero attached hydrogens (tertiary/aromatic N) is 1. The van der Waals surface area contributed by atoms with Crippen molar-refractivity contribution in [3.63, 3.8) is 0 Å². The lowest BCUT2D eigenvalue weighted by molar-refractivity contribution is -0.129. The molecule has 120 valence electrons. The Kier molecular flexibility index (Phi) is 6.78. The summed E-state index contributed by atoms with van der Waals surface area (Å²) in [5, 5.41) is 13.9. The normalized spacial score (nSPS) is 12.2. The van der Waals surface area contributed by atoms with Crippen LogP contribution in [0.1, 0.15) is 17.2 Å². The van der Waals surface area contributed by atoms with Gasteiger partial charge in [0.05, 0.1) is 16.9 Å². The summed E-state index contributed by atoms with van der Waals surface area (Å²) in [4.78, 5) is 11.9. The van der Waals surface area contributed by atoms with Crippen molar-refractivity contribution >= 4 is 57.3 Å². The van der Waals surface area contributed by atoms with Crippen molar-refractivity contribution in [2.45, 2.75) is 6.10 Å². The van der Waals surface area contributed by atoms with E-state index in [4.69, 9.17) is 4.74 Å². The van der Waals surface area contributed by atoms with Crippen molar-refractivity contribution in [2.24, 2.45) is 5.10 Å². The summed E-state index contributed by atoms with van der Waals surface area (Å²) in [5.41, 5.74) is 3.60. The van der Waals surface area contributed by atoms with Gasteiger partial charge in [-0.3, -0.25) is 4.79 Å². The largest absolute Gasteiger partial charge is 0.495 e. The molecule has 0 spiro atoms. The van der Waals surface area contributed by atoms with Crippen molar-refractivity contribution < 1.29 is 14.6 Å². The van der Waals surface area contributed by atoms with Crippen molar-refractivity contribution in [1.29, 1.82) is 0 Å². The molecule has 2 rings (SSSR count). The summed E-state index contributed by atoms with van der Waals surface area (Å²) in [6, 6.07) is 12.6. The minimum atomic E-state index is -1.26. The number of rotatable bonds is 5. The van der Waals surface area contributed by atoms with E-state index in [0.717, 1.165) is 12.7 Å². The van der Waals surface area contributed by atoms with Gasteiger partial charge in [-0.2, -0.15) is 5.10 Å². The van der Waals surface area contributed by atoms with Crippen LogP contribution in [0.4, 0.5) is 0 Å². The molecule has 0 aromatic heterocycles. The highest BCUT2D eigenvalue weighted by atomic mass is 127. The summed E-state index contributed by atoms with van der Waals surface area (Å²) in [5.74, 6) is 0.0966. The van der Waals surface area contributed by atoms with Crippen LogP contribution in [0.3, 0.4) is 0 Å². The molecule has 0 radical (unpaired) electrons. The Labute approximate surface area is 161 Å². The summed E-state index contributed by atoms with van der Waals surface area (Å²) in [6.45, 7) is 0. The first-order valence-corrected chi connectivity index (χ1v) is 8.77. The number of aliphatic hydroxyl groups is 1. The average Bonchev–Trinajstić information content (AvgIpc) is 2.54. The number of methoxy groups -OCH3 is 1. The minimum Gasteiger partial charge on any atom is -0.495 e. The van der Waals surface area contributed by atoms with Crippen molar-refractivity contribution in [2.75, 3.05) is 7.11 Å². The second kappa shape index (κ2) is 8.60. The lowest BCUT2D eigenvalue weighted by Crippen LogP contribution is -2.25. The maximum absolute atomic E-state index is 11.9. The van der Waals surface area contributed by atoms with E-state index in [2.05, 4.69) is 55.7 Å². The average molecular weight is 536 g/mol. The number of carbonyl (C=O) groups is 1. The van der Waals surface area contributed by atoms with Crippen LogP contribution in [0.2, 0.25) is 0 Å². The number of aliphatic hydroxyl groups excluding tert-OH is 1. The molecule has 2 aromatic carbocycles. The zero-order valence-corrected chi connectivity index (χ0v) is 16.5. The van der Waals surface area contributed by atoms with Gasteiger partial charge in [0.1, 0.15) is 5.75 Å². The van der Waals surface area contributed by atoms with Gasteiger partial charge in [-0.15, -0.1) is 0 Å². The van der Waals surface area contributed by atoms with Crippen LogP contribution in [0, 0.1) is 7.14 Å². The Balaban J connectivity index is 2.09. The number of hydrogen-bond donors (Lipinski definition) is 2. The topological polar surface area (TPSA) is 70.9 Å². The number of hydrogen-bond acceptors (Lipinski definition) is 4. The monoisotopic (exact) mass is 536 g/mol. The number of carbonyl (C=O) groups excluding carboxylic acids is 1. The van der Waals surface area contributed by atoms with E-state index in [1.807, 2.05) is 18.2 Å². The van der Waals surface area contributed by atoms with E-state index in [9.17, 15) is 9.90 Å². The highest BCUT2D eigenvalue weighted by Gasteiger charge is 2.16. The Morgan fingerprint density at radius 3 is 2.65 bits per heavy atom. The fraction of sp³-hybridized carbons (Fsp3) is 0.125. The smallest absolute Gasteiger partial charge is 0.273 e. The molecule has 0 fully saturated rings. The molecule has 2 aromatic rings. The first-order valence-electron chi connectivity index (χ1n) is 6.62. The molecule has 0 saturated heterocycles. The number of halogens is 2. The molecule has 7 heteroatoms. The fourth-order valence-electron chi connectivity index (χ4n) is 1.90. The van der Waals surface area contributed by atoms with E-state index in [1.165, 1.54) is 6.21 Å².